The van der Waals surface area contributed by atoms with Crippen LogP contribution in [-0.4, -0.2) is 29.8 Å². The van der Waals surface area contributed by atoms with Gasteiger partial charge in [0, 0.05) is 11.2 Å². The fourth-order valence-corrected chi connectivity index (χ4v) is 4.14. The average Bonchev–Trinajstić information content (AvgIpc) is 3.55. The fourth-order valence-electron chi connectivity index (χ4n) is 3.50. The third-order valence-corrected chi connectivity index (χ3v) is 6.79. The summed E-state index contributed by atoms with van der Waals surface area (Å²) in [4.78, 5) is 41.6. The molecule has 0 aliphatic carbocycles. The van der Waals surface area contributed by atoms with E-state index >= 15 is 0 Å². The highest BCUT2D eigenvalue weighted by molar-refractivity contribution is 7.12. The van der Waals surface area contributed by atoms with Crippen molar-refractivity contribution in [2.24, 2.45) is 0 Å². The van der Waals surface area contributed by atoms with Gasteiger partial charge in [-0.1, -0.05) is 39.0 Å². The van der Waals surface area contributed by atoms with Crippen molar-refractivity contribution in [2.45, 2.75) is 58.5 Å². The zero-order chi connectivity index (χ0) is 25.6. The van der Waals surface area contributed by atoms with Gasteiger partial charge in [0.15, 0.2) is 6.04 Å². The van der Waals surface area contributed by atoms with E-state index in [9.17, 15) is 14.4 Å². The zero-order valence-electron chi connectivity index (χ0n) is 20.8. The molecule has 3 aromatic rings. The van der Waals surface area contributed by atoms with E-state index in [0.717, 1.165) is 5.56 Å². The highest BCUT2D eigenvalue weighted by Crippen LogP contribution is 2.30. The van der Waals surface area contributed by atoms with Gasteiger partial charge in [-0.05, 0) is 67.5 Å². The van der Waals surface area contributed by atoms with Gasteiger partial charge in [-0.15, -0.1) is 11.3 Å². The van der Waals surface area contributed by atoms with Crippen molar-refractivity contribution in [3.05, 3.63) is 76.4 Å². The molecule has 186 valence electrons. The molecule has 0 saturated heterocycles. The van der Waals surface area contributed by atoms with Crippen LogP contribution >= 0.6 is 11.3 Å². The average molecular weight is 496 g/mol. The topological polar surface area (TPSA) is 91.7 Å². The lowest BCUT2D eigenvalue weighted by Gasteiger charge is -2.33. The van der Waals surface area contributed by atoms with Crippen LogP contribution in [0.2, 0.25) is 0 Å². The SMILES string of the molecule is CCC(C)(C)NC(=O)[C@H](c1ccco1)N(C(=O)CNC(=O)c1cccs1)c1ccc(C(C)C)cc1. The molecule has 0 aliphatic heterocycles. The number of carbonyl (C=O) groups is 3. The quantitative estimate of drug-likeness (QED) is 0.401. The summed E-state index contributed by atoms with van der Waals surface area (Å²) in [7, 11) is 0. The van der Waals surface area contributed by atoms with Gasteiger partial charge in [0.25, 0.3) is 11.8 Å². The largest absolute Gasteiger partial charge is 0.467 e. The minimum atomic E-state index is -1.05. The summed E-state index contributed by atoms with van der Waals surface area (Å²) in [5.74, 6) is -0.488. The Bertz CT molecular complexity index is 1120. The van der Waals surface area contributed by atoms with Gasteiger partial charge in [-0.2, -0.15) is 0 Å². The maximum atomic E-state index is 13.6. The van der Waals surface area contributed by atoms with Gasteiger partial charge < -0.3 is 15.1 Å². The molecule has 0 unspecified atom stereocenters. The molecule has 0 fully saturated rings. The second kappa shape index (κ2) is 11.4. The van der Waals surface area contributed by atoms with Gasteiger partial charge >= 0.3 is 0 Å². The summed E-state index contributed by atoms with van der Waals surface area (Å²) in [6.07, 6.45) is 2.18. The molecule has 8 heteroatoms. The van der Waals surface area contributed by atoms with E-state index in [1.165, 1.54) is 22.5 Å². The normalized spacial score (nSPS) is 12.3. The number of thiophene rings is 1. The number of amides is 3. The molecule has 1 atom stereocenters. The second-order valence-corrected chi connectivity index (χ2v) is 10.3. The molecule has 0 aliphatic rings. The van der Waals surface area contributed by atoms with Crippen molar-refractivity contribution in [1.82, 2.24) is 10.6 Å². The van der Waals surface area contributed by atoms with E-state index in [1.54, 1.807) is 29.6 Å². The summed E-state index contributed by atoms with van der Waals surface area (Å²) < 4.78 is 5.62. The van der Waals surface area contributed by atoms with Crippen molar-refractivity contribution >= 4 is 34.7 Å². The number of hydrogen-bond acceptors (Lipinski definition) is 5. The summed E-state index contributed by atoms with van der Waals surface area (Å²) in [5, 5.41) is 7.52. The number of rotatable bonds is 10. The minimum Gasteiger partial charge on any atom is -0.467 e. The Balaban J connectivity index is 1.98. The maximum absolute atomic E-state index is 13.6. The Morgan fingerprint density at radius 2 is 1.77 bits per heavy atom. The maximum Gasteiger partial charge on any atom is 0.261 e. The zero-order valence-corrected chi connectivity index (χ0v) is 21.6. The van der Waals surface area contributed by atoms with E-state index < -0.39 is 17.5 Å². The first-order valence-electron chi connectivity index (χ1n) is 11.7. The molecule has 2 aromatic heterocycles. The highest BCUT2D eigenvalue weighted by Gasteiger charge is 2.36. The number of anilines is 1. The van der Waals surface area contributed by atoms with Crippen LogP contribution in [0, 0.1) is 0 Å². The molecule has 7 nitrogen and oxygen atoms in total. The number of nitrogens with one attached hydrogen (secondary N) is 2. The number of hydrogen-bond donors (Lipinski definition) is 2. The van der Waals surface area contributed by atoms with Crippen LogP contribution in [0.5, 0.6) is 0 Å². The molecule has 3 amide bonds. The molecular formula is C27H33N3O4S. The van der Waals surface area contributed by atoms with Crippen LogP contribution in [0.1, 0.15) is 74.0 Å². The van der Waals surface area contributed by atoms with E-state index in [1.807, 2.05) is 45.0 Å². The van der Waals surface area contributed by atoms with Crippen LogP contribution in [-0.2, 0) is 9.59 Å². The lowest BCUT2D eigenvalue weighted by molar-refractivity contribution is -0.128. The summed E-state index contributed by atoms with van der Waals surface area (Å²) in [6, 6.07) is 13.3. The Labute approximate surface area is 210 Å². The molecule has 0 radical (unpaired) electrons. The fraction of sp³-hybridized carbons (Fsp3) is 0.370. The lowest BCUT2D eigenvalue weighted by Crippen LogP contribution is -2.52. The molecule has 0 bridgehead atoms. The Morgan fingerprint density at radius 3 is 2.31 bits per heavy atom. The molecule has 2 heterocycles. The van der Waals surface area contributed by atoms with Crippen molar-refractivity contribution in [3.8, 4) is 0 Å². The number of benzene rings is 1. The third kappa shape index (κ3) is 6.60. The van der Waals surface area contributed by atoms with Crippen molar-refractivity contribution in [3.63, 3.8) is 0 Å². The van der Waals surface area contributed by atoms with Crippen LogP contribution in [0.15, 0.2) is 64.6 Å². The summed E-state index contributed by atoms with van der Waals surface area (Å²) in [6.45, 7) is 9.73. The first-order chi connectivity index (χ1) is 16.6. The van der Waals surface area contributed by atoms with Gasteiger partial charge in [0.1, 0.15) is 5.76 Å². The summed E-state index contributed by atoms with van der Waals surface area (Å²) >= 11 is 1.29. The van der Waals surface area contributed by atoms with Crippen LogP contribution in [0.25, 0.3) is 0 Å². The van der Waals surface area contributed by atoms with Crippen LogP contribution in [0.3, 0.4) is 0 Å². The minimum absolute atomic E-state index is 0.273. The van der Waals surface area contributed by atoms with Crippen molar-refractivity contribution < 1.29 is 18.8 Å². The third-order valence-electron chi connectivity index (χ3n) is 5.92. The first-order valence-corrected chi connectivity index (χ1v) is 12.6. The molecular weight excluding hydrogens is 462 g/mol. The van der Waals surface area contributed by atoms with E-state index in [0.29, 0.717) is 28.7 Å². The van der Waals surface area contributed by atoms with Crippen molar-refractivity contribution in [1.29, 1.82) is 0 Å². The molecule has 3 rings (SSSR count). The van der Waals surface area contributed by atoms with E-state index in [4.69, 9.17) is 4.42 Å². The van der Waals surface area contributed by atoms with Crippen molar-refractivity contribution in [2.75, 3.05) is 11.4 Å². The number of nitrogens with zero attached hydrogens (tertiary/aromatic N) is 1. The number of carbonyl (C=O) groups excluding carboxylic acids is 3. The van der Waals surface area contributed by atoms with Gasteiger partial charge in [-0.25, -0.2) is 0 Å². The highest BCUT2D eigenvalue weighted by atomic mass is 32.1. The van der Waals surface area contributed by atoms with E-state index in [-0.39, 0.29) is 18.4 Å². The summed E-state index contributed by atoms with van der Waals surface area (Å²) in [5.41, 5.74) is 1.17. The molecule has 1 aromatic carbocycles. The predicted molar refractivity (Wildman–Crippen MR) is 139 cm³/mol. The molecule has 0 spiro atoms. The van der Waals surface area contributed by atoms with Crippen LogP contribution in [0.4, 0.5) is 5.69 Å². The lowest BCUT2D eigenvalue weighted by atomic mass is 10.00. The Morgan fingerprint density at radius 1 is 1.06 bits per heavy atom. The molecule has 0 saturated carbocycles. The molecule has 2 N–H and O–H groups in total. The Hall–Kier alpha value is -3.39. The smallest absolute Gasteiger partial charge is 0.261 e. The predicted octanol–water partition coefficient (Wildman–Crippen LogP) is 5.27. The van der Waals surface area contributed by atoms with E-state index in [2.05, 4.69) is 24.5 Å². The number of furan rings is 1. The van der Waals surface area contributed by atoms with Gasteiger partial charge in [0.2, 0.25) is 5.91 Å². The monoisotopic (exact) mass is 495 g/mol. The van der Waals surface area contributed by atoms with Gasteiger partial charge in [0.05, 0.1) is 17.7 Å². The molecule has 35 heavy (non-hydrogen) atoms. The second-order valence-electron chi connectivity index (χ2n) is 9.31. The first kappa shape index (κ1) is 26.2. The Kier molecular flexibility index (Phi) is 8.51. The van der Waals surface area contributed by atoms with Crippen LogP contribution < -0.4 is 15.5 Å². The van der Waals surface area contributed by atoms with Gasteiger partial charge in [-0.3, -0.25) is 19.3 Å². The standard InChI is InChI=1S/C27H33N3O4S/c1-6-27(4,5)29-26(33)24(21-9-7-15-34-21)30(20-13-11-19(12-14-20)18(2)3)23(31)17-28-25(32)22-10-8-16-35-22/h7-16,18,24H,6,17H2,1-5H3,(H,28,32)(H,29,33)/t24-/m0/s1.